The van der Waals surface area contributed by atoms with Gasteiger partial charge in [0.15, 0.2) is 0 Å². The molecule has 0 saturated carbocycles. The van der Waals surface area contributed by atoms with Crippen LogP contribution in [-0.4, -0.2) is 57.5 Å². The monoisotopic (exact) mass is 250 g/mol. The fourth-order valence-electron chi connectivity index (χ4n) is 1.53. The molecule has 0 aliphatic carbocycles. The van der Waals surface area contributed by atoms with Crippen LogP contribution < -0.4 is 5.32 Å². The zero-order chi connectivity index (χ0) is 12.8. The van der Waals surface area contributed by atoms with Crippen LogP contribution in [0.5, 0.6) is 0 Å². The first-order valence-corrected chi connectivity index (χ1v) is 7.93. The van der Waals surface area contributed by atoms with E-state index in [9.17, 15) is 8.42 Å². The average molecular weight is 250 g/mol. The van der Waals surface area contributed by atoms with E-state index in [-0.39, 0.29) is 11.8 Å². The summed E-state index contributed by atoms with van der Waals surface area (Å²) in [6.07, 6.45) is 2.41. The minimum atomic E-state index is -2.87. The van der Waals surface area contributed by atoms with Crippen molar-refractivity contribution in [3.63, 3.8) is 0 Å². The quantitative estimate of drug-likeness (QED) is 0.690. The predicted octanol–water partition coefficient (Wildman–Crippen LogP) is 0.739. The van der Waals surface area contributed by atoms with Gasteiger partial charge in [-0.15, -0.1) is 0 Å². The topological polar surface area (TPSA) is 49.4 Å². The van der Waals surface area contributed by atoms with E-state index in [2.05, 4.69) is 31.1 Å². The Labute approximate surface area is 100 Å². The molecule has 0 spiro atoms. The highest BCUT2D eigenvalue weighted by Gasteiger charge is 2.10. The van der Waals surface area contributed by atoms with E-state index in [0.717, 1.165) is 19.5 Å². The Morgan fingerprint density at radius 2 is 1.88 bits per heavy atom. The normalized spacial score (nSPS) is 16.4. The molecule has 4 nitrogen and oxygen atoms in total. The van der Waals surface area contributed by atoms with Gasteiger partial charge in [-0.3, -0.25) is 0 Å². The van der Waals surface area contributed by atoms with Gasteiger partial charge in [0.2, 0.25) is 0 Å². The minimum Gasteiger partial charge on any atom is -0.312 e. The number of hydrogen-bond donors (Lipinski definition) is 1. The fourth-order valence-corrected chi connectivity index (χ4v) is 2.56. The van der Waals surface area contributed by atoms with Gasteiger partial charge in [0.05, 0.1) is 5.75 Å². The average Bonchev–Trinajstić information content (AvgIpc) is 2.13. The Kier molecular flexibility index (Phi) is 7.19. The Morgan fingerprint density at radius 1 is 1.31 bits per heavy atom. The third kappa shape index (κ3) is 8.07. The van der Waals surface area contributed by atoms with E-state index in [1.165, 1.54) is 6.26 Å². The van der Waals surface area contributed by atoms with Crippen LogP contribution in [0, 0.1) is 0 Å². The molecule has 0 amide bonds. The van der Waals surface area contributed by atoms with Gasteiger partial charge in [-0.05, 0) is 27.3 Å². The van der Waals surface area contributed by atoms with Crippen LogP contribution in [0.2, 0.25) is 0 Å². The highest BCUT2D eigenvalue weighted by atomic mass is 32.2. The Morgan fingerprint density at radius 3 is 2.31 bits per heavy atom. The van der Waals surface area contributed by atoms with Crippen LogP contribution in [0.3, 0.4) is 0 Å². The lowest BCUT2D eigenvalue weighted by atomic mass is 10.2. The lowest BCUT2D eigenvalue weighted by Gasteiger charge is -2.24. The standard InChI is InChI=1S/C11H26N2O2S/c1-6-11(3)13(4)8-7-12-10(2)9-16(5,14)15/h10-12H,6-9H2,1-5H3. The first-order chi connectivity index (χ1) is 7.26. The van der Waals surface area contributed by atoms with Crippen LogP contribution in [0.1, 0.15) is 27.2 Å². The smallest absolute Gasteiger partial charge is 0.148 e. The van der Waals surface area contributed by atoms with Gasteiger partial charge in [-0.25, -0.2) is 8.42 Å². The minimum absolute atomic E-state index is 0.0281. The van der Waals surface area contributed by atoms with Gasteiger partial charge in [0.25, 0.3) is 0 Å². The summed E-state index contributed by atoms with van der Waals surface area (Å²) in [6.45, 7) is 8.05. The summed E-state index contributed by atoms with van der Waals surface area (Å²) >= 11 is 0. The van der Waals surface area contributed by atoms with Crippen molar-refractivity contribution in [2.45, 2.75) is 39.3 Å². The first kappa shape index (κ1) is 15.9. The number of likely N-dealkylation sites (N-methyl/N-ethyl adjacent to an activating group) is 1. The SMILES string of the molecule is CCC(C)N(C)CCNC(C)CS(C)(=O)=O. The molecule has 1 N–H and O–H groups in total. The molecule has 2 unspecified atom stereocenters. The van der Waals surface area contributed by atoms with Gasteiger partial charge < -0.3 is 10.2 Å². The molecule has 0 aliphatic heterocycles. The van der Waals surface area contributed by atoms with Crippen molar-refractivity contribution in [3.05, 3.63) is 0 Å². The molecule has 0 aromatic rings. The predicted molar refractivity (Wildman–Crippen MR) is 69.6 cm³/mol. The number of nitrogens with zero attached hydrogens (tertiary/aromatic N) is 1. The molecule has 0 saturated heterocycles. The van der Waals surface area contributed by atoms with E-state index >= 15 is 0 Å². The summed E-state index contributed by atoms with van der Waals surface area (Å²) in [5, 5.41) is 3.23. The van der Waals surface area contributed by atoms with Crippen molar-refractivity contribution in [2.24, 2.45) is 0 Å². The van der Waals surface area contributed by atoms with Gasteiger partial charge in [-0.1, -0.05) is 6.92 Å². The van der Waals surface area contributed by atoms with Crippen molar-refractivity contribution >= 4 is 9.84 Å². The summed E-state index contributed by atoms with van der Waals surface area (Å²) in [5.74, 6) is 0.208. The number of nitrogens with one attached hydrogen (secondary N) is 1. The highest BCUT2D eigenvalue weighted by Crippen LogP contribution is 1.98. The third-order valence-electron chi connectivity index (χ3n) is 2.85. The lowest BCUT2D eigenvalue weighted by Crippen LogP contribution is -2.40. The largest absolute Gasteiger partial charge is 0.312 e. The van der Waals surface area contributed by atoms with E-state index in [1.54, 1.807) is 0 Å². The van der Waals surface area contributed by atoms with Crippen LogP contribution in [-0.2, 0) is 9.84 Å². The molecule has 5 heteroatoms. The van der Waals surface area contributed by atoms with Crippen molar-refractivity contribution in [1.82, 2.24) is 10.2 Å². The maximum absolute atomic E-state index is 11.0. The van der Waals surface area contributed by atoms with Crippen LogP contribution >= 0.6 is 0 Å². The molecule has 16 heavy (non-hydrogen) atoms. The molecule has 0 aromatic carbocycles. The second-order valence-corrected chi connectivity index (χ2v) is 6.87. The molecular weight excluding hydrogens is 224 g/mol. The summed E-state index contributed by atoms with van der Waals surface area (Å²) in [5.41, 5.74) is 0. The van der Waals surface area contributed by atoms with E-state index in [1.807, 2.05) is 6.92 Å². The summed E-state index contributed by atoms with van der Waals surface area (Å²) in [4.78, 5) is 2.28. The third-order valence-corrected chi connectivity index (χ3v) is 3.96. The van der Waals surface area contributed by atoms with E-state index < -0.39 is 9.84 Å². The number of hydrogen-bond acceptors (Lipinski definition) is 4. The molecule has 98 valence electrons. The Hall–Kier alpha value is -0.130. The second-order valence-electron chi connectivity index (χ2n) is 4.69. The maximum atomic E-state index is 11.0. The molecule has 0 radical (unpaired) electrons. The Bertz CT molecular complexity index is 278. The van der Waals surface area contributed by atoms with Crippen molar-refractivity contribution in [2.75, 3.05) is 32.1 Å². The highest BCUT2D eigenvalue weighted by molar-refractivity contribution is 7.90. The fraction of sp³-hybridized carbons (Fsp3) is 1.00. The first-order valence-electron chi connectivity index (χ1n) is 5.87. The lowest BCUT2D eigenvalue weighted by molar-refractivity contribution is 0.250. The molecule has 2 atom stereocenters. The van der Waals surface area contributed by atoms with Gasteiger partial charge in [0, 0.05) is 31.4 Å². The van der Waals surface area contributed by atoms with Crippen LogP contribution in [0.15, 0.2) is 0 Å². The summed E-state index contributed by atoms with van der Waals surface area (Å²) < 4.78 is 22.1. The Balaban J connectivity index is 3.74. The van der Waals surface area contributed by atoms with Crippen molar-refractivity contribution < 1.29 is 8.42 Å². The second kappa shape index (κ2) is 7.25. The summed E-state index contributed by atoms with van der Waals surface area (Å²) in [6, 6.07) is 0.604. The molecule has 0 aliphatic rings. The van der Waals surface area contributed by atoms with Crippen LogP contribution in [0.25, 0.3) is 0 Å². The molecular formula is C11H26N2O2S. The van der Waals surface area contributed by atoms with Gasteiger partial charge >= 0.3 is 0 Å². The number of sulfone groups is 1. The van der Waals surface area contributed by atoms with E-state index in [4.69, 9.17) is 0 Å². The van der Waals surface area contributed by atoms with Gasteiger partial charge in [0.1, 0.15) is 9.84 Å². The van der Waals surface area contributed by atoms with Crippen molar-refractivity contribution in [3.8, 4) is 0 Å². The molecule has 0 bridgehead atoms. The molecule has 0 fully saturated rings. The number of rotatable bonds is 8. The zero-order valence-electron chi connectivity index (χ0n) is 11.2. The molecule has 0 aromatic heterocycles. The maximum Gasteiger partial charge on any atom is 0.148 e. The van der Waals surface area contributed by atoms with E-state index in [0.29, 0.717) is 6.04 Å². The summed E-state index contributed by atoms with van der Waals surface area (Å²) in [7, 11) is -0.777. The van der Waals surface area contributed by atoms with Crippen molar-refractivity contribution in [1.29, 1.82) is 0 Å². The van der Waals surface area contributed by atoms with Crippen LogP contribution in [0.4, 0.5) is 0 Å². The zero-order valence-corrected chi connectivity index (χ0v) is 12.0. The molecule has 0 rings (SSSR count). The van der Waals surface area contributed by atoms with Gasteiger partial charge in [-0.2, -0.15) is 0 Å². The molecule has 0 heterocycles.